The van der Waals surface area contributed by atoms with E-state index in [9.17, 15) is 4.79 Å². The number of nitrogens with zero attached hydrogens (tertiary/aromatic N) is 2. The quantitative estimate of drug-likeness (QED) is 0.513. The molecule has 56 valence electrons. The largest absolute Gasteiger partial charge is 0.383 e. The summed E-state index contributed by atoms with van der Waals surface area (Å²) in [6, 6.07) is 4.06. The number of nitrogens with two attached hydrogens (primary N) is 1. The van der Waals surface area contributed by atoms with Crippen LogP contribution >= 0.6 is 0 Å². The predicted molar refractivity (Wildman–Crippen MR) is 41.8 cm³/mol. The molecule has 1 aromatic rings. The normalized spacial score (nSPS) is 8.45. The smallest absolute Gasteiger partial charge is 0.361 e. The lowest BCUT2D eigenvalue weighted by Crippen LogP contribution is -2.19. The molecule has 1 rings (SSSR count). The minimum Gasteiger partial charge on any atom is -0.383 e. The first kappa shape index (κ1) is 7.35. The summed E-state index contributed by atoms with van der Waals surface area (Å²) in [5, 5.41) is 0. The molecule has 4 nitrogen and oxygen atoms in total. The average molecular weight is 149 g/mol. The Balaban J connectivity index is 3.28. The second kappa shape index (κ2) is 2.88. The van der Waals surface area contributed by atoms with Gasteiger partial charge in [-0.15, -0.1) is 0 Å². The van der Waals surface area contributed by atoms with Crippen molar-refractivity contribution in [3.8, 4) is 12.0 Å². The number of hydrogen-bond donors (Lipinski definition) is 1. The van der Waals surface area contributed by atoms with Crippen molar-refractivity contribution in [1.29, 1.82) is 0 Å². The van der Waals surface area contributed by atoms with Crippen molar-refractivity contribution in [2.75, 3.05) is 5.73 Å². The molecule has 0 amide bonds. The SMILES string of the molecule is CC#Cn1ccc(N)nc1=O. The molecule has 0 saturated carbocycles. The highest BCUT2D eigenvalue weighted by Gasteiger charge is 1.91. The van der Waals surface area contributed by atoms with Crippen LogP contribution in [-0.2, 0) is 0 Å². The zero-order valence-electron chi connectivity index (χ0n) is 6.03. The van der Waals surface area contributed by atoms with Crippen LogP contribution in [0.25, 0.3) is 0 Å². The molecule has 0 aliphatic rings. The fourth-order valence-corrected chi connectivity index (χ4v) is 0.622. The van der Waals surface area contributed by atoms with Crippen LogP contribution in [0, 0.1) is 12.0 Å². The molecular weight excluding hydrogens is 142 g/mol. The Labute approximate surface area is 63.7 Å². The first-order valence-electron chi connectivity index (χ1n) is 3.02. The lowest BCUT2D eigenvalue weighted by Gasteiger charge is -1.92. The first-order valence-corrected chi connectivity index (χ1v) is 3.02. The summed E-state index contributed by atoms with van der Waals surface area (Å²) in [4.78, 5) is 14.4. The third kappa shape index (κ3) is 1.58. The van der Waals surface area contributed by atoms with Gasteiger partial charge >= 0.3 is 5.69 Å². The Morgan fingerprint density at radius 3 is 3.00 bits per heavy atom. The van der Waals surface area contributed by atoms with E-state index in [4.69, 9.17) is 5.73 Å². The van der Waals surface area contributed by atoms with Crippen molar-refractivity contribution in [3.63, 3.8) is 0 Å². The third-order valence-corrected chi connectivity index (χ3v) is 1.06. The van der Waals surface area contributed by atoms with E-state index in [1.807, 2.05) is 0 Å². The van der Waals surface area contributed by atoms with Crippen LogP contribution in [0.1, 0.15) is 6.92 Å². The molecular formula is C7H7N3O. The summed E-state index contributed by atoms with van der Waals surface area (Å²) >= 11 is 0. The molecule has 0 radical (unpaired) electrons. The molecule has 0 spiro atoms. The van der Waals surface area contributed by atoms with E-state index in [0.717, 1.165) is 0 Å². The van der Waals surface area contributed by atoms with E-state index >= 15 is 0 Å². The van der Waals surface area contributed by atoms with Crippen LogP contribution in [-0.4, -0.2) is 9.55 Å². The zero-order valence-corrected chi connectivity index (χ0v) is 6.03. The number of hydrogen-bond acceptors (Lipinski definition) is 3. The molecule has 0 aromatic carbocycles. The fraction of sp³-hybridized carbons (Fsp3) is 0.143. The van der Waals surface area contributed by atoms with E-state index in [1.165, 1.54) is 16.8 Å². The molecule has 0 bridgehead atoms. The van der Waals surface area contributed by atoms with Crippen LogP contribution in [0.2, 0.25) is 0 Å². The van der Waals surface area contributed by atoms with Crippen molar-refractivity contribution in [3.05, 3.63) is 22.7 Å². The standard InChI is InChI=1S/C7H7N3O/c1-2-4-10-5-3-6(8)9-7(10)11/h3,5H,1H3,(H2,8,9,11). The maximum absolute atomic E-state index is 10.9. The van der Waals surface area contributed by atoms with E-state index in [0.29, 0.717) is 0 Å². The summed E-state index contributed by atoms with van der Waals surface area (Å²) in [6.45, 7) is 1.64. The monoisotopic (exact) mass is 149 g/mol. The summed E-state index contributed by atoms with van der Waals surface area (Å²) in [6.07, 6.45) is 1.49. The second-order valence-corrected chi connectivity index (χ2v) is 1.87. The van der Waals surface area contributed by atoms with E-state index in [-0.39, 0.29) is 5.82 Å². The van der Waals surface area contributed by atoms with Gasteiger partial charge in [0.05, 0.1) is 0 Å². The molecule has 0 atom stereocenters. The molecule has 1 aromatic heterocycles. The Kier molecular flexibility index (Phi) is 1.93. The highest BCUT2D eigenvalue weighted by Crippen LogP contribution is 1.86. The topological polar surface area (TPSA) is 60.9 Å². The molecule has 11 heavy (non-hydrogen) atoms. The van der Waals surface area contributed by atoms with Crippen LogP contribution < -0.4 is 11.4 Å². The van der Waals surface area contributed by atoms with Crippen molar-refractivity contribution < 1.29 is 0 Å². The van der Waals surface area contributed by atoms with Crippen molar-refractivity contribution in [2.24, 2.45) is 0 Å². The predicted octanol–water partition coefficient (Wildman–Crippen LogP) is -0.346. The number of nitrogen functional groups attached to an aromatic ring is 1. The maximum Gasteiger partial charge on any atom is 0.361 e. The van der Waals surface area contributed by atoms with Crippen molar-refractivity contribution in [1.82, 2.24) is 9.55 Å². The molecule has 0 saturated heterocycles. The highest BCUT2D eigenvalue weighted by atomic mass is 16.1. The lowest BCUT2D eigenvalue weighted by molar-refractivity contribution is 0.952. The zero-order chi connectivity index (χ0) is 8.27. The van der Waals surface area contributed by atoms with Crippen molar-refractivity contribution >= 4 is 5.82 Å². The summed E-state index contributed by atoms with van der Waals surface area (Å²) in [7, 11) is 0. The summed E-state index contributed by atoms with van der Waals surface area (Å²) in [5.41, 5.74) is 4.81. The van der Waals surface area contributed by atoms with Gasteiger partial charge in [-0.25, -0.2) is 9.36 Å². The van der Waals surface area contributed by atoms with Gasteiger partial charge < -0.3 is 5.73 Å². The molecule has 0 fully saturated rings. The van der Waals surface area contributed by atoms with Crippen LogP contribution in [0.3, 0.4) is 0 Å². The van der Waals surface area contributed by atoms with E-state index in [2.05, 4.69) is 16.9 Å². The number of rotatable bonds is 0. The molecule has 0 aliphatic carbocycles. The molecule has 2 N–H and O–H groups in total. The summed E-state index contributed by atoms with van der Waals surface area (Å²) in [5.74, 6) is 2.79. The average Bonchev–Trinajstić information content (AvgIpc) is 1.95. The van der Waals surface area contributed by atoms with Crippen molar-refractivity contribution in [2.45, 2.75) is 6.92 Å². The Morgan fingerprint density at radius 1 is 1.73 bits per heavy atom. The summed E-state index contributed by atoms with van der Waals surface area (Å²) < 4.78 is 1.18. The number of aromatic nitrogens is 2. The number of anilines is 1. The van der Waals surface area contributed by atoms with Gasteiger partial charge in [0, 0.05) is 12.2 Å². The van der Waals surface area contributed by atoms with Crippen LogP contribution in [0.4, 0.5) is 5.82 Å². The molecule has 4 heteroatoms. The molecule has 1 heterocycles. The Bertz CT molecular complexity index is 369. The van der Waals surface area contributed by atoms with Gasteiger partial charge in [-0.3, -0.25) is 0 Å². The van der Waals surface area contributed by atoms with Gasteiger partial charge in [0.25, 0.3) is 0 Å². The molecule has 0 aliphatic heterocycles. The third-order valence-electron chi connectivity index (χ3n) is 1.06. The van der Waals surface area contributed by atoms with E-state index < -0.39 is 5.69 Å². The van der Waals surface area contributed by atoms with Gasteiger partial charge in [0.15, 0.2) is 0 Å². The minimum atomic E-state index is -0.445. The maximum atomic E-state index is 10.9. The Hall–Kier alpha value is -1.76. The van der Waals surface area contributed by atoms with Crippen LogP contribution in [0.15, 0.2) is 17.1 Å². The first-order chi connectivity index (χ1) is 5.24. The second-order valence-electron chi connectivity index (χ2n) is 1.87. The van der Waals surface area contributed by atoms with E-state index in [1.54, 1.807) is 6.92 Å². The van der Waals surface area contributed by atoms with Gasteiger partial charge in [-0.1, -0.05) is 5.92 Å². The van der Waals surface area contributed by atoms with Gasteiger partial charge in [-0.2, -0.15) is 4.98 Å². The fourth-order valence-electron chi connectivity index (χ4n) is 0.622. The lowest BCUT2D eigenvalue weighted by atomic mass is 10.6. The minimum absolute atomic E-state index is 0.212. The highest BCUT2D eigenvalue weighted by molar-refractivity contribution is 5.24. The van der Waals surface area contributed by atoms with Gasteiger partial charge in [0.2, 0.25) is 0 Å². The molecule has 0 unspecified atom stereocenters. The van der Waals surface area contributed by atoms with Gasteiger partial charge in [0.1, 0.15) is 5.82 Å². The Morgan fingerprint density at radius 2 is 2.45 bits per heavy atom. The van der Waals surface area contributed by atoms with Crippen LogP contribution in [0.5, 0.6) is 0 Å². The van der Waals surface area contributed by atoms with Gasteiger partial charge in [-0.05, 0) is 13.0 Å².